The minimum absolute atomic E-state index is 0.241. The zero-order valence-electron chi connectivity index (χ0n) is 12.5. The lowest BCUT2D eigenvalue weighted by atomic mass is 9.70. The second-order valence-corrected chi connectivity index (χ2v) is 6.00. The third-order valence-corrected chi connectivity index (χ3v) is 4.44. The van der Waals surface area contributed by atoms with Crippen LogP contribution in [0.25, 0.3) is 0 Å². The molecule has 1 aliphatic rings. The molecular formula is C15H26N2O2. The van der Waals surface area contributed by atoms with Crippen molar-refractivity contribution < 1.29 is 9.84 Å². The summed E-state index contributed by atoms with van der Waals surface area (Å²) in [7, 11) is 1.65. The number of aliphatic hydroxyl groups is 1. The molecule has 2 rings (SSSR count). The molecular weight excluding hydrogens is 240 g/mol. The molecule has 0 radical (unpaired) electrons. The Hall–Kier alpha value is -1.03. The highest BCUT2D eigenvalue weighted by Crippen LogP contribution is 2.46. The largest absolute Gasteiger partial charge is 0.493 e. The van der Waals surface area contributed by atoms with Crippen LogP contribution < -0.4 is 4.74 Å². The van der Waals surface area contributed by atoms with E-state index in [1.54, 1.807) is 13.3 Å². The van der Waals surface area contributed by atoms with Gasteiger partial charge in [0.1, 0.15) is 11.3 Å². The van der Waals surface area contributed by atoms with Gasteiger partial charge in [0, 0.05) is 6.54 Å². The van der Waals surface area contributed by atoms with Crippen LogP contribution in [0.2, 0.25) is 0 Å². The predicted octanol–water partition coefficient (Wildman–Crippen LogP) is 2.95. The molecule has 1 aromatic heterocycles. The van der Waals surface area contributed by atoms with Gasteiger partial charge >= 0.3 is 0 Å². The van der Waals surface area contributed by atoms with Gasteiger partial charge < -0.3 is 9.84 Å². The minimum atomic E-state index is -0.811. The van der Waals surface area contributed by atoms with Crippen molar-refractivity contribution in [1.82, 2.24) is 9.78 Å². The summed E-state index contributed by atoms with van der Waals surface area (Å²) >= 11 is 0. The molecule has 4 nitrogen and oxygen atoms in total. The van der Waals surface area contributed by atoms with Crippen molar-refractivity contribution in [1.29, 1.82) is 0 Å². The average Bonchev–Trinajstić information content (AvgIpc) is 2.78. The normalized spacial score (nSPS) is 31.4. The Morgan fingerprint density at radius 3 is 2.84 bits per heavy atom. The molecule has 19 heavy (non-hydrogen) atoms. The molecule has 0 bridgehead atoms. The van der Waals surface area contributed by atoms with E-state index in [-0.39, 0.29) is 5.92 Å². The molecule has 3 unspecified atom stereocenters. The molecule has 0 spiro atoms. The van der Waals surface area contributed by atoms with Crippen LogP contribution in [-0.2, 0) is 12.1 Å². The van der Waals surface area contributed by atoms with Crippen LogP contribution in [0.4, 0.5) is 0 Å². The number of aromatic nitrogens is 2. The Balaban J connectivity index is 2.44. The highest BCUT2D eigenvalue weighted by atomic mass is 16.5. The Bertz CT molecular complexity index is 430. The monoisotopic (exact) mass is 266 g/mol. The topological polar surface area (TPSA) is 47.3 Å². The summed E-state index contributed by atoms with van der Waals surface area (Å²) in [6.07, 6.45) is 5.76. The van der Waals surface area contributed by atoms with Gasteiger partial charge in [0.15, 0.2) is 5.75 Å². The van der Waals surface area contributed by atoms with Gasteiger partial charge in [0.25, 0.3) is 0 Å². The molecule has 1 heterocycles. The second kappa shape index (κ2) is 5.53. The first kappa shape index (κ1) is 14.4. The zero-order valence-corrected chi connectivity index (χ0v) is 12.5. The molecule has 1 aliphatic carbocycles. The van der Waals surface area contributed by atoms with Crippen molar-refractivity contribution in [2.75, 3.05) is 7.11 Å². The summed E-state index contributed by atoms with van der Waals surface area (Å²) < 4.78 is 7.35. The van der Waals surface area contributed by atoms with Crippen molar-refractivity contribution in [3.63, 3.8) is 0 Å². The van der Waals surface area contributed by atoms with Crippen molar-refractivity contribution in [3.05, 3.63) is 11.9 Å². The number of ether oxygens (including phenoxy) is 1. The first-order chi connectivity index (χ1) is 9.02. The first-order valence-corrected chi connectivity index (χ1v) is 7.35. The van der Waals surface area contributed by atoms with Crippen LogP contribution in [0, 0.1) is 11.8 Å². The molecule has 0 aromatic carbocycles. The molecule has 108 valence electrons. The van der Waals surface area contributed by atoms with Gasteiger partial charge in [-0.1, -0.05) is 27.2 Å². The zero-order chi connectivity index (χ0) is 14.0. The van der Waals surface area contributed by atoms with Crippen LogP contribution in [-0.4, -0.2) is 22.0 Å². The molecule has 0 saturated heterocycles. The maximum absolute atomic E-state index is 11.2. The van der Waals surface area contributed by atoms with E-state index in [9.17, 15) is 5.11 Å². The van der Waals surface area contributed by atoms with E-state index in [2.05, 4.69) is 25.9 Å². The molecule has 0 aliphatic heterocycles. The lowest BCUT2D eigenvalue weighted by Crippen LogP contribution is -2.41. The third-order valence-electron chi connectivity index (χ3n) is 4.44. The van der Waals surface area contributed by atoms with Gasteiger partial charge in [-0.3, -0.25) is 4.68 Å². The second-order valence-electron chi connectivity index (χ2n) is 6.00. The molecule has 3 atom stereocenters. The Morgan fingerprint density at radius 2 is 2.21 bits per heavy atom. The number of hydrogen-bond donors (Lipinski definition) is 1. The summed E-state index contributed by atoms with van der Waals surface area (Å²) in [5, 5.41) is 15.6. The maximum atomic E-state index is 11.2. The Morgan fingerprint density at radius 1 is 1.47 bits per heavy atom. The van der Waals surface area contributed by atoms with Crippen molar-refractivity contribution >= 4 is 0 Å². The summed E-state index contributed by atoms with van der Waals surface area (Å²) in [5.74, 6) is 1.50. The van der Waals surface area contributed by atoms with Gasteiger partial charge in [-0.25, -0.2) is 0 Å². The van der Waals surface area contributed by atoms with E-state index >= 15 is 0 Å². The standard InChI is InChI=1S/C15H26N2O2/c1-5-8-17-14(13(19-4)10-16-17)15(18)9-11(2)6-7-12(15)3/h10-12,18H,5-9H2,1-4H3. The van der Waals surface area contributed by atoms with Gasteiger partial charge in [0.2, 0.25) is 0 Å². The van der Waals surface area contributed by atoms with E-state index in [0.717, 1.165) is 37.3 Å². The van der Waals surface area contributed by atoms with E-state index in [1.807, 2.05) is 4.68 Å². The van der Waals surface area contributed by atoms with Crippen LogP contribution in [0.5, 0.6) is 5.75 Å². The molecule has 4 heteroatoms. The highest BCUT2D eigenvalue weighted by Gasteiger charge is 2.44. The Labute approximate surface area is 115 Å². The van der Waals surface area contributed by atoms with E-state index in [0.29, 0.717) is 5.92 Å². The number of aryl methyl sites for hydroxylation is 1. The fraction of sp³-hybridized carbons (Fsp3) is 0.800. The molecule has 1 saturated carbocycles. The quantitative estimate of drug-likeness (QED) is 0.911. The summed E-state index contributed by atoms with van der Waals surface area (Å²) in [5.41, 5.74) is 0.0604. The fourth-order valence-electron chi connectivity index (χ4n) is 3.27. The number of methoxy groups -OCH3 is 1. The maximum Gasteiger partial charge on any atom is 0.162 e. The van der Waals surface area contributed by atoms with E-state index < -0.39 is 5.60 Å². The summed E-state index contributed by atoms with van der Waals surface area (Å²) in [6, 6.07) is 0. The number of rotatable bonds is 4. The lowest BCUT2D eigenvalue weighted by molar-refractivity contribution is -0.0708. The van der Waals surface area contributed by atoms with E-state index in [4.69, 9.17) is 4.74 Å². The van der Waals surface area contributed by atoms with Crippen LogP contribution >= 0.6 is 0 Å². The molecule has 1 fully saturated rings. The lowest BCUT2D eigenvalue weighted by Gasteiger charge is -2.41. The molecule has 1 N–H and O–H groups in total. The molecule has 0 amide bonds. The van der Waals surface area contributed by atoms with Crippen molar-refractivity contribution in [3.8, 4) is 5.75 Å². The van der Waals surface area contributed by atoms with Crippen molar-refractivity contribution in [2.45, 2.75) is 58.6 Å². The Kier molecular flexibility index (Phi) is 4.19. The molecule has 1 aromatic rings. The van der Waals surface area contributed by atoms with Crippen molar-refractivity contribution in [2.24, 2.45) is 11.8 Å². The summed E-state index contributed by atoms with van der Waals surface area (Å²) in [6.45, 7) is 7.29. The highest BCUT2D eigenvalue weighted by molar-refractivity contribution is 5.32. The van der Waals surface area contributed by atoms with Gasteiger partial charge in [-0.15, -0.1) is 0 Å². The predicted molar refractivity (Wildman–Crippen MR) is 75.1 cm³/mol. The first-order valence-electron chi connectivity index (χ1n) is 7.35. The smallest absolute Gasteiger partial charge is 0.162 e. The van der Waals surface area contributed by atoms with Gasteiger partial charge in [-0.05, 0) is 31.1 Å². The van der Waals surface area contributed by atoms with Gasteiger partial charge in [0.05, 0.1) is 13.3 Å². The minimum Gasteiger partial charge on any atom is -0.493 e. The van der Waals surface area contributed by atoms with Crippen LogP contribution in [0.15, 0.2) is 6.20 Å². The number of nitrogens with zero attached hydrogens (tertiary/aromatic N) is 2. The fourth-order valence-corrected chi connectivity index (χ4v) is 3.27. The van der Waals surface area contributed by atoms with Gasteiger partial charge in [-0.2, -0.15) is 5.10 Å². The third kappa shape index (κ3) is 2.50. The van der Waals surface area contributed by atoms with Crippen LogP contribution in [0.1, 0.15) is 52.1 Å². The average molecular weight is 266 g/mol. The number of hydrogen-bond acceptors (Lipinski definition) is 3. The SMILES string of the molecule is CCCn1ncc(OC)c1C1(O)CC(C)CCC1C. The van der Waals surface area contributed by atoms with E-state index in [1.165, 1.54) is 6.42 Å². The summed E-state index contributed by atoms with van der Waals surface area (Å²) in [4.78, 5) is 0. The van der Waals surface area contributed by atoms with Crippen LogP contribution in [0.3, 0.4) is 0 Å².